The molecule has 1 aliphatic heterocycles. The van der Waals surface area contributed by atoms with Gasteiger partial charge in [0.15, 0.2) is 9.84 Å². The van der Waals surface area contributed by atoms with Crippen LogP contribution in [0.25, 0.3) is 0 Å². The molecule has 0 spiro atoms. The van der Waals surface area contributed by atoms with Crippen molar-refractivity contribution in [3.63, 3.8) is 0 Å². The van der Waals surface area contributed by atoms with Gasteiger partial charge >= 0.3 is 0 Å². The molecule has 1 unspecified atom stereocenters. The second kappa shape index (κ2) is 6.81. The molecular weight excluding hydrogens is 384 g/mol. The first-order valence-corrected chi connectivity index (χ1v) is 9.73. The molecule has 0 aliphatic carbocycles. The van der Waals surface area contributed by atoms with E-state index in [9.17, 15) is 22.0 Å². The summed E-state index contributed by atoms with van der Waals surface area (Å²) in [6, 6.07) is 6.85. The zero-order valence-corrected chi connectivity index (χ0v) is 15.2. The lowest BCUT2D eigenvalue weighted by molar-refractivity contribution is 0.0975. The van der Waals surface area contributed by atoms with Gasteiger partial charge in [-0.2, -0.15) is 0 Å². The summed E-state index contributed by atoms with van der Waals surface area (Å²) in [6.45, 7) is 1.76. The summed E-state index contributed by atoms with van der Waals surface area (Å²) in [7, 11) is -3.50. The Hall–Kier alpha value is -2.25. The fraction of sp³-hybridized carbons (Fsp3) is 0.167. The van der Waals surface area contributed by atoms with Crippen molar-refractivity contribution in [2.24, 2.45) is 0 Å². The Kier molecular flexibility index (Phi) is 4.86. The molecule has 2 aromatic rings. The van der Waals surface area contributed by atoms with Gasteiger partial charge in [-0.15, -0.1) is 0 Å². The highest BCUT2D eigenvalue weighted by Crippen LogP contribution is 2.29. The van der Waals surface area contributed by atoms with E-state index in [0.29, 0.717) is 5.02 Å². The molecule has 0 N–H and O–H groups in total. The summed E-state index contributed by atoms with van der Waals surface area (Å²) in [5.41, 5.74) is 0.247. The smallest absolute Gasteiger partial charge is 0.264 e. The number of rotatable bonds is 3. The number of sulfone groups is 1. The van der Waals surface area contributed by atoms with Gasteiger partial charge in [-0.1, -0.05) is 23.7 Å². The third-order valence-electron chi connectivity index (χ3n) is 4.07. The Labute approximate surface area is 154 Å². The maximum Gasteiger partial charge on any atom is 0.264 e. The zero-order valence-electron chi connectivity index (χ0n) is 13.6. The molecule has 1 atom stereocenters. The maximum atomic E-state index is 14.1. The predicted octanol–water partition coefficient (Wildman–Crippen LogP) is 3.88. The molecule has 8 heteroatoms. The van der Waals surface area contributed by atoms with Crippen LogP contribution < -0.4 is 4.90 Å². The van der Waals surface area contributed by atoms with Gasteiger partial charge in [0.25, 0.3) is 5.91 Å². The second-order valence-corrected chi connectivity index (χ2v) is 8.27. The van der Waals surface area contributed by atoms with E-state index in [4.69, 9.17) is 11.6 Å². The fourth-order valence-electron chi connectivity index (χ4n) is 2.73. The summed E-state index contributed by atoms with van der Waals surface area (Å²) in [6.07, 6.45) is 1.32. The normalized spacial score (nSPS) is 18.1. The van der Waals surface area contributed by atoms with Crippen LogP contribution in [0.5, 0.6) is 0 Å². The lowest BCUT2D eigenvalue weighted by Gasteiger charge is -2.28. The lowest BCUT2D eigenvalue weighted by atomic mass is 10.1. The molecule has 0 radical (unpaired) electrons. The summed E-state index contributed by atoms with van der Waals surface area (Å²) < 4.78 is 51.8. The van der Waals surface area contributed by atoms with E-state index in [0.717, 1.165) is 34.1 Å². The van der Waals surface area contributed by atoms with E-state index in [-0.39, 0.29) is 11.4 Å². The van der Waals surface area contributed by atoms with Crippen molar-refractivity contribution in [2.75, 3.05) is 10.7 Å². The van der Waals surface area contributed by atoms with E-state index in [2.05, 4.69) is 0 Å². The minimum Gasteiger partial charge on any atom is -0.300 e. The van der Waals surface area contributed by atoms with Gasteiger partial charge in [-0.05, 0) is 42.8 Å². The number of halogens is 3. The number of nitrogens with zero attached hydrogens (tertiary/aromatic N) is 1. The van der Waals surface area contributed by atoms with Crippen molar-refractivity contribution in [1.82, 2.24) is 0 Å². The van der Waals surface area contributed by atoms with Crippen molar-refractivity contribution >= 4 is 33.0 Å². The molecule has 0 bridgehead atoms. The third kappa shape index (κ3) is 3.50. The molecule has 136 valence electrons. The van der Waals surface area contributed by atoms with Gasteiger partial charge in [0.2, 0.25) is 0 Å². The van der Waals surface area contributed by atoms with Gasteiger partial charge in [0, 0.05) is 16.1 Å². The van der Waals surface area contributed by atoms with Crippen LogP contribution >= 0.6 is 11.6 Å². The standard InChI is InChI=1S/C18H14ClF2NO3S/c1-11-5-6-12(9-14(11)19)22(13-7-8-26(24,25)10-13)18(23)17-15(20)3-2-4-16(17)21/h2-9,13H,10H2,1H3. The molecule has 26 heavy (non-hydrogen) atoms. The summed E-state index contributed by atoms with van der Waals surface area (Å²) in [4.78, 5) is 14.0. The first-order chi connectivity index (χ1) is 12.2. The number of hydrogen-bond acceptors (Lipinski definition) is 3. The Bertz CT molecular complexity index is 1000. The van der Waals surface area contributed by atoms with E-state index < -0.39 is 39.0 Å². The van der Waals surface area contributed by atoms with Crippen molar-refractivity contribution in [3.05, 3.63) is 75.7 Å². The molecule has 1 aliphatic rings. The molecular formula is C18H14ClF2NO3S. The average Bonchev–Trinajstić information content (AvgIpc) is 2.90. The molecule has 1 heterocycles. The number of aryl methyl sites for hydroxylation is 1. The SMILES string of the molecule is Cc1ccc(N(C(=O)c2c(F)cccc2F)C2C=CS(=O)(=O)C2)cc1Cl. The van der Waals surface area contributed by atoms with E-state index in [1.54, 1.807) is 19.1 Å². The molecule has 3 rings (SSSR count). The summed E-state index contributed by atoms with van der Waals surface area (Å²) in [5, 5.41) is 1.34. The van der Waals surface area contributed by atoms with Crippen molar-refractivity contribution in [1.29, 1.82) is 0 Å². The van der Waals surface area contributed by atoms with Crippen molar-refractivity contribution in [3.8, 4) is 0 Å². The Morgan fingerprint density at radius 3 is 2.38 bits per heavy atom. The number of hydrogen-bond donors (Lipinski definition) is 0. The molecule has 4 nitrogen and oxygen atoms in total. The number of carbonyl (C=O) groups excluding carboxylic acids is 1. The van der Waals surface area contributed by atoms with Gasteiger partial charge < -0.3 is 4.90 Å². The van der Waals surface area contributed by atoms with Gasteiger partial charge in [-0.3, -0.25) is 4.79 Å². The topological polar surface area (TPSA) is 54.5 Å². The van der Waals surface area contributed by atoms with E-state index >= 15 is 0 Å². The van der Waals surface area contributed by atoms with Crippen LogP contribution in [0.15, 0.2) is 47.9 Å². The number of benzene rings is 2. The van der Waals surface area contributed by atoms with E-state index in [1.807, 2.05) is 0 Å². The average molecular weight is 398 g/mol. The van der Waals surface area contributed by atoms with Crippen molar-refractivity contribution < 1.29 is 22.0 Å². The maximum absolute atomic E-state index is 14.1. The molecule has 0 saturated heterocycles. The molecule has 1 amide bonds. The van der Waals surface area contributed by atoms with Crippen LogP contribution in [0.1, 0.15) is 15.9 Å². The van der Waals surface area contributed by atoms with Crippen molar-refractivity contribution in [2.45, 2.75) is 13.0 Å². The van der Waals surface area contributed by atoms with Crippen LogP contribution in [-0.4, -0.2) is 26.1 Å². The number of carbonyl (C=O) groups is 1. The Morgan fingerprint density at radius 2 is 1.85 bits per heavy atom. The lowest BCUT2D eigenvalue weighted by Crippen LogP contribution is -2.42. The monoisotopic (exact) mass is 397 g/mol. The Balaban J connectivity index is 2.13. The predicted molar refractivity (Wildman–Crippen MR) is 96.1 cm³/mol. The quantitative estimate of drug-likeness (QED) is 0.789. The first kappa shape index (κ1) is 18.5. The highest BCUT2D eigenvalue weighted by Gasteiger charge is 2.34. The van der Waals surface area contributed by atoms with Crippen LogP contribution in [0.2, 0.25) is 5.02 Å². The van der Waals surface area contributed by atoms with E-state index in [1.165, 1.54) is 12.1 Å². The highest BCUT2D eigenvalue weighted by molar-refractivity contribution is 7.94. The summed E-state index contributed by atoms with van der Waals surface area (Å²) >= 11 is 6.11. The van der Waals surface area contributed by atoms with Crippen LogP contribution in [0.3, 0.4) is 0 Å². The number of anilines is 1. The largest absolute Gasteiger partial charge is 0.300 e. The number of amides is 1. The molecule has 0 fully saturated rings. The van der Waals surface area contributed by atoms with Crippen LogP contribution in [0.4, 0.5) is 14.5 Å². The fourth-order valence-corrected chi connectivity index (χ4v) is 4.18. The molecule has 0 aromatic heterocycles. The van der Waals surface area contributed by atoms with Crippen LogP contribution in [-0.2, 0) is 9.84 Å². The molecule has 0 saturated carbocycles. The highest BCUT2D eigenvalue weighted by atomic mass is 35.5. The van der Waals surface area contributed by atoms with Crippen LogP contribution in [0, 0.1) is 18.6 Å². The first-order valence-electron chi connectivity index (χ1n) is 7.64. The zero-order chi connectivity index (χ0) is 19.1. The third-order valence-corrected chi connectivity index (χ3v) is 5.86. The Morgan fingerprint density at radius 1 is 1.19 bits per heavy atom. The second-order valence-electron chi connectivity index (χ2n) is 5.93. The van der Waals surface area contributed by atoms with Gasteiger partial charge in [0.05, 0.1) is 11.8 Å². The summed E-state index contributed by atoms with van der Waals surface area (Å²) in [5.74, 6) is -3.40. The van der Waals surface area contributed by atoms with Gasteiger partial charge in [-0.25, -0.2) is 17.2 Å². The minimum absolute atomic E-state index is 0.250. The minimum atomic E-state index is -3.50. The van der Waals surface area contributed by atoms with Gasteiger partial charge in [0.1, 0.15) is 17.2 Å². The molecule has 2 aromatic carbocycles.